The first-order valence-corrected chi connectivity index (χ1v) is 11.0. The quantitative estimate of drug-likeness (QED) is 0.613. The van der Waals surface area contributed by atoms with Crippen molar-refractivity contribution in [2.75, 3.05) is 5.32 Å². The van der Waals surface area contributed by atoms with E-state index in [1.807, 2.05) is 18.3 Å². The number of rotatable bonds is 3. The van der Waals surface area contributed by atoms with Gasteiger partial charge in [0.05, 0.1) is 11.4 Å². The van der Waals surface area contributed by atoms with Crippen LogP contribution < -0.4 is 16.2 Å². The number of fused-ring (bicyclic) bond motifs is 4. The number of anilines is 2. The average Bonchev–Trinajstić information content (AvgIpc) is 3.11. The topological polar surface area (TPSA) is 124 Å². The van der Waals surface area contributed by atoms with Crippen molar-refractivity contribution in [3.8, 4) is 0 Å². The first-order valence-electron chi connectivity index (χ1n) is 9.78. The molecule has 0 saturated heterocycles. The Morgan fingerprint density at radius 3 is 2.62 bits per heavy atom. The minimum atomic E-state index is -1.49. The van der Waals surface area contributed by atoms with E-state index in [2.05, 4.69) is 25.9 Å². The van der Waals surface area contributed by atoms with Gasteiger partial charge >= 0.3 is 0 Å². The molecule has 1 unspecified atom stereocenters. The summed E-state index contributed by atoms with van der Waals surface area (Å²) in [7, 11) is -1.49. The van der Waals surface area contributed by atoms with E-state index >= 15 is 0 Å². The average molecular weight is 410 g/mol. The minimum Gasteiger partial charge on any atom is -0.385 e. The fourth-order valence-electron chi connectivity index (χ4n) is 4.54. The van der Waals surface area contributed by atoms with Crippen molar-refractivity contribution in [3.05, 3.63) is 42.2 Å². The fourth-order valence-corrected chi connectivity index (χ4v) is 4.95. The largest absolute Gasteiger partial charge is 0.385 e. The van der Waals surface area contributed by atoms with Crippen molar-refractivity contribution in [3.63, 3.8) is 0 Å². The zero-order valence-electron chi connectivity index (χ0n) is 16.0. The van der Waals surface area contributed by atoms with Crippen LogP contribution in [0, 0.1) is 0 Å². The summed E-state index contributed by atoms with van der Waals surface area (Å²) in [6, 6.07) is 9.20. The Morgan fingerprint density at radius 1 is 1.14 bits per heavy atom. The lowest BCUT2D eigenvalue weighted by Crippen LogP contribution is -2.50. The molecule has 0 amide bonds. The molecule has 9 heteroatoms. The second-order valence-corrected chi connectivity index (χ2v) is 8.75. The molecule has 5 N–H and O–H groups in total. The van der Waals surface area contributed by atoms with Gasteiger partial charge in [-0.15, -0.1) is 0 Å². The zero-order chi connectivity index (χ0) is 20.0. The summed E-state index contributed by atoms with van der Waals surface area (Å²) in [6.45, 7) is 0.574. The van der Waals surface area contributed by atoms with E-state index < -0.39 is 11.0 Å². The van der Waals surface area contributed by atoms with E-state index in [9.17, 15) is 4.21 Å². The minimum absolute atomic E-state index is 0.272. The monoisotopic (exact) mass is 409 g/mol. The normalized spacial score (nSPS) is 19.0. The Kier molecular flexibility index (Phi) is 4.36. The van der Waals surface area contributed by atoms with Gasteiger partial charge in [-0.05, 0) is 43.2 Å². The van der Waals surface area contributed by atoms with E-state index in [4.69, 9.17) is 15.9 Å². The van der Waals surface area contributed by atoms with Gasteiger partial charge in [0.2, 0.25) is 5.95 Å². The second kappa shape index (κ2) is 6.93. The van der Waals surface area contributed by atoms with Crippen LogP contribution in [0.1, 0.15) is 37.8 Å². The van der Waals surface area contributed by atoms with Gasteiger partial charge in [0, 0.05) is 23.0 Å². The standard InChI is InChI=1S/C20H23N7OS/c21-18-20(8-2-1-3-9-20)27-15(12-23-18)10-13-11-24-19(26-17(13)27)25-14-4-6-16(7-5-14)29(22)28/h4-7,10-11H,1-3,8-9,12,22H2,(H2,21,23)(H,24,25,26). The number of hydrogen-bond donors (Lipinski definition) is 3. The fraction of sp³-hybridized carbons (Fsp3) is 0.350. The molecule has 2 aromatic heterocycles. The Morgan fingerprint density at radius 2 is 1.90 bits per heavy atom. The van der Waals surface area contributed by atoms with E-state index in [-0.39, 0.29) is 5.54 Å². The molecular formula is C20H23N7OS. The maximum absolute atomic E-state index is 11.4. The molecule has 1 atom stereocenters. The lowest BCUT2D eigenvalue weighted by atomic mass is 9.79. The number of aliphatic imine (C=N–C) groups is 1. The Balaban J connectivity index is 1.55. The molecule has 1 fully saturated rings. The summed E-state index contributed by atoms with van der Waals surface area (Å²) in [4.78, 5) is 14.5. The Hall–Kier alpha value is -2.78. The Labute approximate surface area is 171 Å². The van der Waals surface area contributed by atoms with Crippen LogP contribution in [-0.4, -0.2) is 24.6 Å². The van der Waals surface area contributed by atoms with Gasteiger partial charge in [0.1, 0.15) is 28.0 Å². The molecule has 1 aromatic carbocycles. The predicted molar refractivity (Wildman–Crippen MR) is 114 cm³/mol. The predicted octanol–water partition coefficient (Wildman–Crippen LogP) is 2.69. The second-order valence-electron chi connectivity index (χ2n) is 7.68. The number of nitrogens with one attached hydrogen (secondary N) is 1. The third-order valence-corrected chi connectivity index (χ3v) is 6.69. The molecule has 3 heterocycles. The number of nitrogens with zero attached hydrogens (tertiary/aromatic N) is 4. The van der Waals surface area contributed by atoms with Crippen molar-refractivity contribution in [1.82, 2.24) is 14.5 Å². The van der Waals surface area contributed by atoms with E-state index in [1.165, 1.54) is 6.42 Å². The van der Waals surface area contributed by atoms with Crippen LogP contribution in [0.15, 0.2) is 46.4 Å². The summed E-state index contributed by atoms with van der Waals surface area (Å²) < 4.78 is 13.7. The molecule has 29 heavy (non-hydrogen) atoms. The number of aromatic nitrogens is 3. The van der Waals surface area contributed by atoms with Crippen LogP contribution in [0.3, 0.4) is 0 Å². The Bertz CT molecular complexity index is 1130. The highest BCUT2D eigenvalue weighted by Gasteiger charge is 2.42. The highest BCUT2D eigenvalue weighted by Crippen LogP contribution is 2.41. The molecule has 1 aliphatic carbocycles. The van der Waals surface area contributed by atoms with Crippen LogP contribution in [0.2, 0.25) is 0 Å². The van der Waals surface area contributed by atoms with Crippen molar-refractivity contribution >= 4 is 39.5 Å². The number of amidine groups is 1. The maximum Gasteiger partial charge on any atom is 0.229 e. The third-order valence-electron chi connectivity index (χ3n) is 5.96. The molecule has 3 aromatic rings. The number of benzene rings is 1. The highest BCUT2D eigenvalue weighted by atomic mass is 32.2. The molecule has 2 aliphatic rings. The van der Waals surface area contributed by atoms with Crippen molar-refractivity contribution < 1.29 is 4.21 Å². The summed E-state index contributed by atoms with van der Waals surface area (Å²) >= 11 is 0. The van der Waals surface area contributed by atoms with Crippen molar-refractivity contribution in [2.45, 2.75) is 49.1 Å². The molecule has 8 nitrogen and oxygen atoms in total. The van der Waals surface area contributed by atoms with Gasteiger partial charge < -0.3 is 15.6 Å². The lowest BCUT2D eigenvalue weighted by molar-refractivity contribution is 0.273. The lowest BCUT2D eigenvalue weighted by Gasteiger charge is -2.41. The van der Waals surface area contributed by atoms with Gasteiger partial charge in [0.25, 0.3) is 0 Å². The van der Waals surface area contributed by atoms with Gasteiger partial charge in [-0.3, -0.25) is 4.99 Å². The van der Waals surface area contributed by atoms with Gasteiger partial charge in [-0.1, -0.05) is 19.3 Å². The van der Waals surface area contributed by atoms with Crippen LogP contribution in [0.5, 0.6) is 0 Å². The van der Waals surface area contributed by atoms with Gasteiger partial charge in [0.15, 0.2) is 0 Å². The molecule has 1 saturated carbocycles. The number of nitrogens with two attached hydrogens (primary N) is 2. The molecule has 0 radical (unpaired) electrons. The highest BCUT2D eigenvalue weighted by molar-refractivity contribution is 7.82. The van der Waals surface area contributed by atoms with Crippen molar-refractivity contribution in [1.29, 1.82) is 0 Å². The maximum atomic E-state index is 11.4. The first-order chi connectivity index (χ1) is 14.1. The molecule has 0 bridgehead atoms. The SMILES string of the molecule is NC1=NCc2cc3cnc(Nc4ccc(S(N)=O)cc4)nc3n2C12CCCCC2. The van der Waals surface area contributed by atoms with E-state index in [0.717, 1.165) is 53.9 Å². The van der Waals surface area contributed by atoms with Crippen LogP contribution >= 0.6 is 0 Å². The van der Waals surface area contributed by atoms with Gasteiger partial charge in [-0.2, -0.15) is 4.98 Å². The van der Waals surface area contributed by atoms with Crippen LogP contribution in [-0.2, 0) is 23.1 Å². The number of hydrogen-bond acceptors (Lipinski definition) is 6. The van der Waals surface area contributed by atoms with Crippen LogP contribution in [0.4, 0.5) is 11.6 Å². The summed E-state index contributed by atoms with van der Waals surface area (Å²) in [5.41, 5.74) is 9.00. The smallest absolute Gasteiger partial charge is 0.229 e. The molecule has 5 rings (SSSR count). The summed E-state index contributed by atoms with van der Waals surface area (Å²) in [5, 5.41) is 9.63. The summed E-state index contributed by atoms with van der Waals surface area (Å²) in [6.07, 6.45) is 7.33. The molecule has 1 spiro atoms. The van der Waals surface area contributed by atoms with E-state index in [0.29, 0.717) is 17.4 Å². The third kappa shape index (κ3) is 3.01. The molecule has 150 valence electrons. The van der Waals surface area contributed by atoms with Gasteiger partial charge in [-0.25, -0.2) is 14.3 Å². The molecular weight excluding hydrogens is 386 g/mol. The van der Waals surface area contributed by atoms with Crippen molar-refractivity contribution in [2.24, 2.45) is 15.9 Å². The first kappa shape index (κ1) is 18.3. The summed E-state index contributed by atoms with van der Waals surface area (Å²) in [5.74, 6) is 1.23. The van der Waals surface area contributed by atoms with Crippen LogP contribution in [0.25, 0.3) is 11.0 Å². The van der Waals surface area contributed by atoms with E-state index in [1.54, 1.807) is 12.1 Å². The zero-order valence-corrected chi connectivity index (χ0v) is 16.8. The molecule has 1 aliphatic heterocycles.